The van der Waals surface area contributed by atoms with Gasteiger partial charge in [-0.15, -0.1) is 0 Å². The minimum Gasteiger partial charge on any atom is -0.232 e. The first-order valence-electron chi connectivity index (χ1n) is 7.81. The van der Waals surface area contributed by atoms with Crippen LogP contribution in [0.4, 0.5) is 22.0 Å². The zero-order chi connectivity index (χ0) is 20.9. The van der Waals surface area contributed by atoms with E-state index in [1.54, 1.807) is 0 Å². The Balaban J connectivity index is 2.24. The van der Waals surface area contributed by atoms with Crippen molar-refractivity contribution in [1.82, 2.24) is 9.78 Å². The second-order valence-electron chi connectivity index (χ2n) is 6.18. The number of aromatic nitrogens is 2. The normalized spacial score (nSPS) is 12.4. The third-order valence-corrected chi connectivity index (χ3v) is 5.16. The Bertz CT molecular complexity index is 1170. The molecule has 4 nitrogen and oxygen atoms in total. The molecule has 0 bridgehead atoms. The van der Waals surface area contributed by atoms with Crippen LogP contribution in [-0.4, -0.2) is 24.5 Å². The summed E-state index contributed by atoms with van der Waals surface area (Å²) in [6, 6.07) is 7.36. The minimum atomic E-state index is -4.78. The van der Waals surface area contributed by atoms with Gasteiger partial charge in [0.1, 0.15) is 16.5 Å². The molecule has 0 saturated heterocycles. The molecule has 3 aromatic rings. The predicted octanol–water partition coefficient (Wildman–Crippen LogP) is 4.55. The van der Waals surface area contributed by atoms with Crippen molar-refractivity contribution in [2.45, 2.75) is 18.0 Å². The Hall–Kier alpha value is -2.75. The molecule has 28 heavy (non-hydrogen) atoms. The smallest absolute Gasteiger partial charge is 0.232 e. The second-order valence-corrected chi connectivity index (χ2v) is 8.16. The lowest BCUT2D eigenvalue weighted by Crippen LogP contribution is -2.07. The Morgan fingerprint density at radius 3 is 2.18 bits per heavy atom. The molecule has 3 rings (SSSR count). The van der Waals surface area contributed by atoms with E-state index in [1.807, 2.05) is 0 Å². The van der Waals surface area contributed by atoms with E-state index in [-0.39, 0.29) is 22.5 Å². The molecular formula is C18H13F5N2O2S. The number of alkyl halides is 3. The van der Waals surface area contributed by atoms with Crippen molar-refractivity contribution < 1.29 is 30.4 Å². The van der Waals surface area contributed by atoms with E-state index in [2.05, 4.69) is 5.10 Å². The van der Waals surface area contributed by atoms with Gasteiger partial charge in [0.25, 0.3) is 0 Å². The molecule has 0 fully saturated rings. The Kier molecular flexibility index (Phi) is 4.78. The molecule has 0 aliphatic rings. The summed E-state index contributed by atoms with van der Waals surface area (Å²) in [5.41, 5.74) is -1.18. The molecule has 10 heteroatoms. The molecule has 0 unspecified atom stereocenters. The fourth-order valence-corrected chi connectivity index (χ4v) is 3.32. The number of sulfone groups is 1. The van der Waals surface area contributed by atoms with Crippen LogP contribution in [0.15, 0.2) is 47.4 Å². The molecule has 0 spiro atoms. The van der Waals surface area contributed by atoms with Crippen LogP contribution in [0.3, 0.4) is 0 Å². The summed E-state index contributed by atoms with van der Waals surface area (Å²) < 4.78 is 91.5. The van der Waals surface area contributed by atoms with Crippen LogP contribution in [0.1, 0.15) is 11.3 Å². The van der Waals surface area contributed by atoms with E-state index >= 15 is 0 Å². The lowest BCUT2D eigenvalue weighted by molar-refractivity contribution is -0.141. The molecule has 0 aliphatic heterocycles. The molecule has 2 aromatic carbocycles. The minimum absolute atomic E-state index is 0.00111. The van der Waals surface area contributed by atoms with Crippen LogP contribution in [0, 0.1) is 18.6 Å². The quantitative estimate of drug-likeness (QED) is 0.589. The van der Waals surface area contributed by atoms with Gasteiger partial charge in [0, 0.05) is 11.8 Å². The number of halogens is 5. The molecular weight excluding hydrogens is 403 g/mol. The molecule has 1 aromatic heterocycles. The third-order valence-electron chi connectivity index (χ3n) is 4.03. The van der Waals surface area contributed by atoms with Gasteiger partial charge < -0.3 is 0 Å². The second kappa shape index (κ2) is 6.69. The van der Waals surface area contributed by atoms with Gasteiger partial charge in [0.2, 0.25) is 0 Å². The number of benzene rings is 2. The van der Waals surface area contributed by atoms with Crippen molar-refractivity contribution in [1.29, 1.82) is 0 Å². The summed E-state index contributed by atoms with van der Waals surface area (Å²) in [7, 11) is -3.85. The Morgan fingerprint density at radius 1 is 0.964 bits per heavy atom. The van der Waals surface area contributed by atoms with Gasteiger partial charge in [0.15, 0.2) is 15.5 Å². The molecule has 0 radical (unpaired) electrons. The topological polar surface area (TPSA) is 52.0 Å². The zero-order valence-electron chi connectivity index (χ0n) is 14.6. The van der Waals surface area contributed by atoms with Crippen LogP contribution in [-0.2, 0) is 16.0 Å². The van der Waals surface area contributed by atoms with E-state index in [1.165, 1.54) is 19.1 Å². The van der Waals surface area contributed by atoms with E-state index in [9.17, 15) is 30.4 Å². The zero-order valence-corrected chi connectivity index (χ0v) is 15.4. The standard InChI is InChI=1S/C18H13F5N2O2S/c1-10-3-5-12(8-13(10)19)25-15(9-17(24-25)18(21,22)23)11-4-6-16(14(20)7-11)28(2,26)27/h3-9H,1-2H3. The van der Waals surface area contributed by atoms with E-state index in [0.29, 0.717) is 6.07 Å². The number of aryl methyl sites for hydroxylation is 1. The third kappa shape index (κ3) is 3.77. The van der Waals surface area contributed by atoms with Gasteiger partial charge in [-0.1, -0.05) is 12.1 Å². The summed E-state index contributed by atoms with van der Waals surface area (Å²) in [5, 5.41) is 3.48. The van der Waals surface area contributed by atoms with E-state index in [0.717, 1.165) is 35.2 Å². The van der Waals surface area contributed by atoms with Crippen molar-refractivity contribution in [3.8, 4) is 16.9 Å². The largest absolute Gasteiger partial charge is 0.435 e. The first kappa shape index (κ1) is 20.0. The first-order chi connectivity index (χ1) is 12.9. The summed E-state index contributed by atoms with van der Waals surface area (Å²) in [6.07, 6.45) is -3.97. The van der Waals surface area contributed by atoms with Crippen molar-refractivity contribution in [2.75, 3.05) is 6.26 Å². The fraction of sp³-hybridized carbons (Fsp3) is 0.167. The molecule has 0 aliphatic carbocycles. The van der Waals surface area contributed by atoms with Gasteiger partial charge in [-0.05, 0) is 42.8 Å². The molecule has 148 valence electrons. The summed E-state index contributed by atoms with van der Waals surface area (Å²) >= 11 is 0. The highest BCUT2D eigenvalue weighted by molar-refractivity contribution is 7.90. The number of hydrogen-bond acceptors (Lipinski definition) is 3. The first-order valence-corrected chi connectivity index (χ1v) is 9.71. The van der Waals surface area contributed by atoms with Gasteiger partial charge in [-0.25, -0.2) is 21.9 Å². The van der Waals surface area contributed by atoms with E-state index in [4.69, 9.17) is 0 Å². The Morgan fingerprint density at radius 2 is 1.64 bits per heavy atom. The number of hydrogen-bond donors (Lipinski definition) is 0. The van der Waals surface area contributed by atoms with Crippen molar-refractivity contribution in [3.63, 3.8) is 0 Å². The highest BCUT2D eigenvalue weighted by atomic mass is 32.2. The maximum atomic E-state index is 14.2. The highest BCUT2D eigenvalue weighted by Gasteiger charge is 2.35. The SMILES string of the molecule is Cc1ccc(-n2nc(C(F)(F)F)cc2-c2ccc(S(C)(=O)=O)c(F)c2)cc1F. The van der Waals surface area contributed by atoms with E-state index < -0.39 is 38.2 Å². The summed E-state index contributed by atoms with van der Waals surface area (Å²) in [6.45, 7) is 1.49. The molecule has 0 N–H and O–H groups in total. The molecule has 0 atom stereocenters. The summed E-state index contributed by atoms with van der Waals surface area (Å²) in [5.74, 6) is -1.76. The van der Waals surface area contributed by atoms with Crippen LogP contribution in [0.5, 0.6) is 0 Å². The fourth-order valence-electron chi connectivity index (χ4n) is 2.60. The highest BCUT2D eigenvalue weighted by Crippen LogP contribution is 2.34. The van der Waals surface area contributed by atoms with Crippen LogP contribution in [0.2, 0.25) is 0 Å². The average Bonchev–Trinajstić information content (AvgIpc) is 3.01. The molecule has 0 saturated carbocycles. The van der Waals surface area contributed by atoms with Crippen molar-refractivity contribution >= 4 is 9.84 Å². The average molecular weight is 416 g/mol. The predicted molar refractivity (Wildman–Crippen MR) is 91.8 cm³/mol. The molecule has 0 amide bonds. The van der Waals surface area contributed by atoms with Crippen molar-refractivity contribution in [2.24, 2.45) is 0 Å². The lowest BCUT2D eigenvalue weighted by atomic mass is 10.1. The maximum absolute atomic E-state index is 14.2. The van der Waals surface area contributed by atoms with Gasteiger partial charge >= 0.3 is 6.18 Å². The Labute approximate surface area is 157 Å². The van der Waals surface area contributed by atoms with Gasteiger partial charge in [-0.3, -0.25) is 0 Å². The monoisotopic (exact) mass is 416 g/mol. The van der Waals surface area contributed by atoms with Gasteiger partial charge in [-0.2, -0.15) is 18.3 Å². The van der Waals surface area contributed by atoms with Crippen LogP contribution < -0.4 is 0 Å². The summed E-state index contributed by atoms with van der Waals surface area (Å²) in [4.78, 5) is -0.584. The molecule has 1 heterocycles. The van der Waals surface area contributed by atoms with Crippen LogP contribution in [0.25, 0.3) is 16.9 Å². The van der Waals surface area contributed by atoms with Crippen LogP contribution >= 0.6 is 0 Å². The number of rotatable bonds is 3. The van der Waals surface area contributed by atoms with Gasteiger partial charge in [0.05, 0.1) is 11.4 Å². The maximum Gasteiger partial charge on any atom is 0.435 e. The lowest BCUT2D eigenvalue weighted by Gasteiger charge is -2.10. The van der Waals surface area contributed by atoms with Crippen molar-refractivity contribution in [3.05, 3.63) is 65.4 Å². The number of nitrogens with zero attached hydrogens (tertiary/aromatic N) is 2.